The van der Waals surface area contributed by atoms with Gasteiger partial charge >= 0.3 is 0 Å². The summed E-state index contributed by atoms with van der Waals surface area (Å²) in [4.78, 5) is 4.77. The fourth-order valence-corrected chi connectivity index (χ4v) is 2.43. The van der Waals surface area contributed by atoms with Crippen molar-refractivity contribution in [3.8, 4) is 0 Å². The van der Waals surface area contributed by atoms with E-state index in [2.05, 4.69) is 31.2 Å². The van der Waals surface area contributed by atoms with Gasteiger partial charge < -0.3 is 5.73 Å². The number of fused-ring (bicyclic) bond motifs is 3. The van der Waals surface area contributed by atoms with Crippen molar-refractivity contribution < 1.29 is 0 Å². The first-order valence-corrected chi connectivity index (χ1v) is 6.36. The molecule has 0 saturated carbocycles. The van der Waals surface area contributed by atoms with Crippen LogP contribution in [0.3, 0.4) is 0 Å². The number of nitrogen functional groups attached to an aromatic ring is 1. The Morgan fingerprint density at radius 1 is 1.06 bits per heavy atom. The van der Waals surface area contributed by atoms with Crippen LogP contribution in [0.15, 0.2) is 42.5 Å². The van der Waals surface area contributed by atoms with E-state index >= 15 is 0 Å². The highest BCUT2D eigenvalue weighted by Crippen LogP contribution is 2.28. The van der Waals surface area contributed by atoms with Gasteiger partial charge in [0.25, 0.3) is 0 Å². The molecular weight excluding hydrogens is 220 g/mol. The highest BCUT2D eigenvalue weighted by Gasteiger charge is 2.06. The summed E-state index contributed by atoms with van der Waals surface area (Å²) in [5.74, 6) is 0. The number of nitrogens with two attached hydrogens (primary N) is 1. The Balaban J connectivity index is 2.40. The molecule has 2 aromatic carbocycles. The van der Waals surface area contributed by atoms with Gasteiger partial charge in [-0.1, -0.05) is 49.7 Å². The van der Waals surface area contributed by atoms with Crippen molar-refractivity contribution in [3.63, 3.8) is 0 Å². The van der Waals surface area contributed by atoms with Crippen LogP contribution in [0.4, 0.5) is 5.69 Å². The van der Waals surface area contributed by atoms with Gasteiger partial charge in [0.15, 0.2) is 0 Å². The Morgan fingerprint density at radius 3 is 2.72 bits per heavy atom. The van der Waals surface area contributed by atoms with Gasteiger partial charge in [-0.15, -0.1) is 0 Å². The first-order valence-electron chi connectivity index (χ1n) is 6.36. The van der Waals surface area contributed by atoms with Crippen molar-refractivity contribution in [2.45, 2.75) is 19.8 Å². The Bertz CT molecular complexity index is 717. The van der Waals surface area contributed by atoms with Crippen molar-refractivity contribution in [1.82, 2.24) is 4.98 Å². The summed E-state index contributed by atoms with van der Waals surface area (Å²) in [6.07, 6.45) is 2.06. The third-order valence-corrected chi connectivity index (χ3v) is 3.30. The molecule has 18 heavy (non-hydrogen) atoms. The first kappa shape index (κ1) is 11.0. The Hall–Kier alpha value is -2.09. The zero-order valence-electron chi connectivity index (χ0n) is 10.5. The summed E-state index contributed by atoms with van der Waals surface area (Å²) < 4.78 is 0. The van der Waals surface area contributed by atoms with Crippen LogP contribution in [-0.4, -0.2) is 4.98 Å². The van der Waals surface area contributed by atoms with Gasteiger partial charge in [-0.2, -0.15) is 0 Å². The molecule has 0 bridgehead atoms. The molecule has 0 saturated heterocycles. The van der Waals surface area contributed by atoms with Crippen LogP contribution >= 0.6 is 0 Å². The van der Waals surface area contributed by atoms with Gasteiger partial charge in [-0.3, -0.25) is 4.98 Å². The van der Waals surface area contributed by atoms with E-state index in [1.165, 1.54) is 10.8 Å². The molecular formula is C16H16N2. The molecule has 0 radical (unpaired) electrons. The minimum atomic E-state index is 0.828. The molecule has 0 atom stereocenters. The summed E-state index contributed by atoms with van der Waals surface area (Å²) in [7, 11) is 0. The van der Waals surface area contributed by atoms with Gasteiger partial charge in [0.05, 0.1) is 5.52 Å². The van der Waals surface area contributed by atoms with E-state index in [0.29, 0.717) is 0 Å². The molecule has 90 valence electrons. The number of rotatable bonds is 2. The van der Waals surface area contributed by atoms with Gasteiger partial charge in [-0.05, 0) is 17.9 Å². The van der Waals surface area contributed by atoms with Crippen molar-refractivity contribution in [2.75, 3.05) is 5.73 Å². The van der Waals surface area contributed by atoms with E-state index in [1.54, 1.807) is 0 Å². The van der Waals surface area contributed by atoms with Gasteiger partial charge in [0.2, 0.25) is 0 Å². The van der Waals surface area contributed by atoms with Crippen LogP contribution in [0.2, 0.25) is 0 Å². The molecule has 3 rings (SSSR count). The van der Waals surface area contributed by atoms with Crippen LogP contribution < -0.4 is 5.73 Å². The number of pyridine rings is 1. The number of hydrogen-bond donors (Lipinski definition) is 1. The lowest BCUT2D eigenvalue weighted by Crippen LogP contribution is -1.96. The Morgan fingerprint density at radius 2 is 1.89 bits per heavy atom. The Labute approximate surface area is 106 Å². The van der Waals surface area contributed by atoms with E-state index < -0.39 is 0 Å². The number of aromatic nitrogens is 1. The lowest BCUT2D eigenvalue weighted by Gasteiger charge is -2.08. The van der Waals surface area contributed by atoms with E-state index in [9.17, 15) is 0 Å². The molecule has 0 unspecified atom stereocenters. The van der Waals surface area contributed by atoms with Crippen LogP contribution in [-0.2, 0) is 6.42 Å². The van der Waals surface area contributed by atoms with Crippen molar-refractivity contribution in [3.05, 3.63) is 48.2 Å². The first-order chi connectivity index (χ1) is 8.79. The zero-order valence-corrected chi connectivity index (χ0v) is 10.5. The molecule has 1 aromatic heterocycles. The van der Waals surface area contributed by atoms with Crippen molar-refractivity contribution >= 4 is 27.4 Å². The molecule has 2 heteroatoms. The summed E-state index contributed by atoms with van der Waals surface area (Å²) in [6.45, 7) is 2.16. The average Bonchev–Trinajstić information content (AvgIpc) is 2.39. The predicted octanol–water partition coefficient (Wildman–Crippen LogP) is 3.92. The maximum atomic E-state index is 6.14. The molecule has 0 fully saturated rings. The number of anilines is 1. The largest absolute Gasteiger partial charge is 0.398 e. The monoisotopic (exact) mass is 236 g/mol. The molecule has 1 heterocycles. The van der Waals surface area contributed by atoms with Crippen molar-refractivity contribution in [1.29, 1.82) is 0 Å². The van der Waals surface area contributed by atoms with Crippen LogP contribution in [0.25, 0.3) is 21.7 Å². The molecule has 2 nitrogen and oxygen atoms in total. The van der Waals surface area contributed by atoms with Gasteiger partial charge in [0, 0.05) is 22.2 Å². The number of nitrogens with zero attached hydrogens (tertiary/aromatic N) is 1. The standard InChI is InChI=1S/C16H16N2/c1-2-5-12-10-15(17)14-9-8-11-6-3-4-7-13(11)16(14)18-12/h3-4,6-10H,2,5H2,1H3,(H2,17,18). The quantitative estimate of drug-likeness (QED) is 0.685. The van der Waals surface area contributed by atoms with Crippen LogP contribution in [0.5, 0.6) is 0 Å². The molecule has 0 amide bonds. The number of hydrogen-bond acceptors (Lipinski definition) is 2. The SMILES string of the molecule is CCCc1cc(N)c2ccc3ccccc3c2n1. The summed E-state index contributed by atoms with van der Waals surface area (Å²) >= 11 is 0. The molecule has 0 aliphatic carbocycles. The minimum Gasteiger partial charge on any atom is -0.398 e. The molecule has 2 N–H and O–H groups in total. The topological polar surface area (TPSA) is 38.9 Å². The van der Waals surface area contributed by atoms with Gasteiger partial charge in [-0.25, -0.2) is 0 Å². The number of benzene rings is 2. The fraction of sp³-hybridized carbons (Fsp3) is 0.188. The minimum absolute atomic E-state index is 0.828. The van der Waals surface area contributed by atoms with Crippen LogP contribution in [0, 0.1) is 0 Å². The summed E-state index contributed by atoms with van der Waals surface area (Å²) in [5, 5.41) is 3.44. The van der Waals surface area contributed by atoms with E-state index in [0.717, 1.165) is 35.1 Å². The molecule has 0 aliphatic rings. The lowest BCUT2D eigenvalue weighted by atomic mass is 10.0. The smallest absolute Gasteiger partial charge is 0.0804 e. The molecule has 0 spiro atoms. The predicted molar refractivity (Wildman–Crippen MR) is 77.7 cm³/mol. The summed E-state index contributed by atoms with van der Waals surface area (Å²) in [5.41, 5.74) is 9.07. The van der Waals surface area contributed by atoms with E-state index in [1.807, 2.05) is 18.2 Å². The summed E-state index contributed by atoms with van der Waals surface area (Å²) in [6, 6.07) is 14.5. The normalized spacial score (nSPS) is 11.2. The Kier molecular flexibility index (Phi) is 2.63. The third kappa shape index (κ3) is 1.70. The second-order valence-corrected chi connectivity index (χ2v) is 4.64. The zero-order chi connectivity index (χ0) is 12.5. The number of aryl methyl sites for hydroxylation is 1. The molecule has 3 aromatic rings. The second kappa shape index (κ2) is 4.30. The average molecular weight is 236 g/mol. The van der Waals surface area contributed by atoms with Crippen molar-refractivity contribution in [2.24, 2.45) is 0 Å². The highest BCUT2D eigenvalue weighted by molar-refractivity contribution is 6.08. The van der Waals surface area contributed by atoms with Crippen LogP contribution in [0.1, 0.15) is 19.0 Å². The fourth-order valence-electron chi connectivity index (χ4n) is 2.43. The van der Waals surface area contributed by atoms with E-state index in [4.69, 9.17) is 10.7 Å². The highest BCUT2D eigenvalue weighted by atomic mass is 14.7. The third-order valence-electron chi connectivity index (χ3n) is 3.30. The maximum absolute atomic E-state index is 6.14. The lowest BCUT2D eigenvalue weighted by molar-refractivity contribution is 0.891. The molecule has 0 aliphatic heterocycles. The second-order valence-electron chi connectivity index (χ2n) is 4.64. The van der Waals surface area contributed by atoms with E-state index in [-0.39, 0.29) is 0 Å². The van der Waals surface area contributed by atoms with Gasteiger partial charge in [0.1, 0.15) is 0 Å². The maximum Gasteiger partial charge on any atom is 0.0804 e.